The van der Waals surface area contributed by atoms with Gasteiger partial charge in [-0.2, -0.15) is 5.26 Å². The second kappa shape index (κ2) is 4.93. The second-order valence-electron chi connectivity index (χ2n) is 5.32. The predicted octanol–water partition coefficient (Wildman–Crippen LogP) is 1.15. The zero-order valence-electron chi connectivity index (χ0n) is 10.6. The number of rotatable bonds is 2. The Kier molecular flexibility index (Phi) is 3.72. The molecule has 2 saturated heterocycles. The normalized spacial score (nSPS) is 39.8. The average Bonchev–Trinajstić information content (AvgIpc) is 2.76. The molecule has 0 aromatic carbocycles. The molecule has 2 rings (SSSR count). The number of likely N-dealkylation sites (tertiary alicyclic amines) is 1. The Morgan fingerprint density at radius 2 is 2.18 bits per heavy atom. The monoisotopic (exact) mass is 238 g/mol. The molecule has 2 aliphatic rings. The van der Waals surface area contributed by atoms with Crippen LogP contribution in [0.5, 0.6) is 0 Å². The van der Waals surface area contributed by atoms with E-state index < -0.39 is 11.0 Å². The molecule has 0 saturated carbocycles. The standard InChI is InChI=1S/C13H22N2O2/c1-2-15-7-3-4-13(16,5-8-15)12(10-14)6-9-17-11-12/h16H,2-9,11H2,1H3. The van der Waals surface area contributed by atoms with Crippen LogP contribution in [-0.4, -0.2) is 48.5 Å². The van der Waals surface area contributed by atoms with Crippen molar-refractivity contribution in [3.8, 4) is 6.07 Å². The van der Waals surface area contributed by atoms with Crippen LogP contribution in [-0.2, 0) is 4.74 Å². The maximum Gasteiger partial charge on any atom is 0.111 e. The minimum atomic E-state index is -0.859. The molecular weight excluding hydrogens is 216 g/mol. The van der Waals surface area contributed by atoms with Crippen molar-refractivity contribution in [2.75, 3.05) is 32.8 Å². The van der Waals surface area contributed by atoms with E-state index in [1.807, 2.05) is 0 Å². The van der Waals surface area contributed by atoms with E-state index in [2.05, 4.69) is 17.9 Å². The molecule has 2 fully saturated rings. The number of aliphatic hydroxyl groups is 1. The van der Waals surface area contributed by atoms with E-state index in [0.717, 1.165) is 32.5 Å². The van der Waals surface area contributed by atoms with Crippen molar-refractivity contribution in [2.24, 2.45) is 5.41 Å². The van der Waals surface area contributed by atoms with Gasteiger partial charge in [0.25, 0.3) is 0 Å². The van der Waals surface area contributed by atoms with Crippen molar-refractivity contribution in [3.05, 3.63) is 0 Å². The maximum absolute atomic E-state index is 10.9. The lowest BCUT2D eigenvalue weighted by molar-refractivity contribution is -0.0684. The highest BCUT2D eigenvalue weighted by Crippen LogP contribution is 2.44. The molecule has 0 bridgehead atoms. The van der Waals surface area contributed by atoms with E-state index in [1.165, 1.54) is 0 Å². The molecular formula is C13H22N2O2. The van der Waals surface area contributed by atoms with Crippen LogP contribution in [0.15, 0.2) is 0 Å². The highest BCUT2D eigenvalue weighted by molar-refractivity contribution is 5.14. The first kappa shape index (κ1) is 12.8. The summed E-state index contributed by atoms with van der Waals surface area (Å²) in [5.74, 6) is 0. The van der Waals surface area contributed by atoms with Crippen LogP contribution < -0.4 is 0 Å². The molecule has 17 heavy (non-hydrogen) atoms. The number of hydrogen-bond donors (Lipinski definition) is 1. The summed E-state index contributed by atoms with van der Waals surface area (Å²) in [6, 6.07) is 2.35. The SMILES string of the molecule is CCN1CCCC(O)(C2(C#N)CCOC2)CC1. The summed E-state index contributed by atoms with van der Waals surface area (Å²) in [6.07, 6.45) is 3.05. The molecule has 2 heterocycles. The van der Waals surface area contributed by atoms with E-state index in [1.54, 1.807) is 0 Å². The fourth-order valence-electron chi connectivity index (χ4n) is 3.09. The van der Waals surface area contributed by atoms with E-state index in [-0.39, 0.29) is 0 Å². The summed E-state index contributed by atoms with van der Waals surface area (Å²) < 4.78 is 5.37. The third-order valence-electron chi connectivity index (χ3n) is 4.48. The van der Waals surface area contributed by atoms with E-state index in [4.69, 9.17) is 4.74 Å². The van der Waals surface area contributed by atoms with Crippen molar-refractivity contribution < 1.29 is 9.84 Å². The van der Waals surface area contributed by atoms with Gasteiger partial charge in [-0.1, -0.05) is 6.92 Å². The highest BCUT2D eigenvalue weighted by atomic mass is 16.5. The van der Waals surface area contributed by atoms with Gasteiger partial charge in [-0.05, 0) is 38.8 Å². The van der Waals surface area contributed by atoms with Crippen LogP contribution >= 0.6 is 0 Å². The minimum absolute atomic E-state index is 0.395. The second-order valence-corrected chi connectivity index (χ2v) is 5.32. The third-order valence-corrected chi connectivity index (χ3v) is 4.48. The van der Waals surface area contributed by atoms with Crippen LogP contribution in [0.2, 0.25) is 0 Å². The first-order chi connectivity index (χ1) is 8.16. The molecule has 0 amide bonds. The summed E-state index contributed by atoms with van der Waals surface area (Å²) in [4.78, 5) is 2.35. The molecule has 1 N–H and O–H groups in total. The van der Waals surface area contributed by atoms with Crippen molar-refractivity contribution in [2.45, 2.75) is 38.2 Å². The largest absolute Gasteiger partial charge is 0.388 e. The molecule has 96 valence electrons. The Bertz CT molecular complexity index is 307. The lowest BCUT2D eigenvalue weighted by Gasteiger charge is -2.38. The lowest BCUT2D eigenvalue weighted by atomic mass is 9.68. The summed E-state index contributed by atoms with van der Waals surface area (Å²) >= 11 is 0. The average molecular weight is 238 g/mol. The summed E-state index contributed by atoms with van der Waals surface area (Å²) in [5.41, 5.74) is -1.53. The van der Waals surface area contributed by atoms with E-state index in [9.17, 15) is 10.4 Å². The zero-order valence-corrected chi connectivity index (χ0v) is 10.6. The van der Waals surface area contributed by atoms with Crippen LogP contribution in [0.1, 0.15) is 32.6 Å². The van der Waals surface area contributed by atoms with Crippen LogP contribution in [0.3, 0.4) is 0 Å². The predicted molar refractivity (Wildman–Crippen MR) is 64.4 cm³/mol. The van der Waals surface area contributed by atoms with E-state index >= 15 is 0 Å². The van der Waals surface area contributed by atoms with Gasteiger partial charge >= 0.3 is 0 Å². The molecule has 2 aliphatic heterocycles. The topological polar surface area (TPSA) is 56.5 Å². The number of nitrogens with zero attached hydrogens (tertiary/aromatic N) is 2. The quantitative estimate of drug-likeness (QED) is 0.784. The summed E-state index contributed by atoms with van der Waals surface area (Å²) in [6.45, 7) is 6.08. The fraction of sp³-hybridized carbons (Fsp3) is 0.923. The first-order valence-corrected chi connectivity index (χ1v) is 6.59. The minimum Gasteiger partial charge on any atom is -0.388 e. The van der Waals surface area contributed by atoms with Gasteiger partial charge in [0.1, 0.15) is 5.41 Å². The van der Waals surface area contributed by atoms with Gasteiger partial charge in [-0.3, -0.25) is 0 Å². The van der Waals surface area contributed by atoms with Gasteiger partial charge in [-0.25, -0.2) is 0 Å². The van der Waals surface area contributed by atoms with Gasteiger partial charge in [0, 0.05) is 13.2 Å². The molecule has 4 heteroatoms. The fourth-order valence-corrected chi connectivity index (χ4v) is 3.09. The highest BCUT2D eigenvalue weighted by Gasteiger charge is 2.53. The molecule has 4 nitrogen and oxygen atoms in total. The molecule has 0 radical (unpaired) electrons. The lowest BCUT2D eigenvalue weighted by Crippen LogP contribution is -2.48. The third kappa shape index (κ3) is 2.20. The van der Waals surface area contributed by atoms with Gasteiger partial charge in [-0.15, -0.1) is 0 Å². The molecule has 0 aromatic heterocycles. The van der Waals surface area contributed by atoms with Crippen molar-refractivity contribution >= 4 is 0 Å². The Hall–Kier alpha value is -0.630. The smallest absolute Gasteiger partial charge is 0.111 e. The van der Waals surface area contributed by atoms with Crippen LogP contribution in [0.4, 0.5) is 0 Å². The Morgan fingerprint density at radius 3 is 2.76 bits per heavy atom. The van der Waals surface area contributed by atoms with Gasteiger partial charge in [0.15, 0.2) is 0 Å². The molecule has 0 aromatic rings. The van der Waals surface area contributed by atoms with Crippen LogP contribution in [0.25, 0.3) is 0 Å². The zero-order chi connectivity index (χ0) is 12.4. The van der Waals surface area contributed by atoms with Crippen molar-refractivity contribution in [1.29, 1.82) is 5.26 Å². The van der Waals surface area contributed by atoms with Crippen molar-refractivity contribution in [1.82, 2.24) is 4.90 Å². The Labute approximate surface area is 103 Å². The maximum atomic E-state index is 10.9. The molecule has 0 aliphatic carbocycles. The summed E-state index contributed by atoms with van der Waals surface area (Å²) in [5, 5.41) is 20.3. The Balaban J connectivity index is 2.15. The number of ether oxygens (including phenoxy) is 1. The molecule has 2 atom stereocenters. The van der Waals surface area contributed by atoms with E-state index in [0.29, 0.717) is 26.1 Å². The van der Waals surface area contributed by atoms with Gasteiger partial charge < -0.3 is 14.7 Å². The Morgan fingerprint density at radius 1 is 1.35 bits per heavy atom. The molecule has 2 unspecified atom stereocenters. The van der Waals surface area contributed by atoms with Crippen LogP contribution in [0, 0.1) is 16.7 Å². The van der Waals surface area contributed by atoms with Gasteiger partial charge in [0.2, 0.25) is 0 Å². The summed E-state index contributed by atoms with van der Waals surface area (Å²) in [7, 11) is 0. The molecule has 0 spiro atoms. The number of nitriles is 1. The number of hydrogen-bond acceptors (Lipinski definition) is 4. The van der Waals surface area contributed by atoms with Crippen molar-refractivity contribution in [3.63, 3.8) is 0 Å². The first-order valence-electron chi connectivity index (χ1n) is 6.59. The van der Waals surface area contributed by atoms with Gasteiger partial charge in [0.05, 0.1) is 18.3 Å².